The largest absolute Gasteiger partial charge is 0.494 e. The van der Waals surface area contributed by atoms with Gasteiger partial charge in [-0.1, -0.05) is 0 Å². The Hall–Kier alpha value is -1.30. The van der Waals surface area contributed by atoms with E-state index in [0.717, 1.165) is 31.6 Å². The highest BCUT2D eigenvalue weighted by molar-refractivity contribution is 5.94. The Morgan fingerprint density at radius 2 is 2.05 bits per heavy atom. The number of likely N-dealkylation sites (tertiary alicyclic amines) is 1. The van der Waals surface area contributed by atoms with Crippen molar-refractivity contribution in [2.24, 2.45) is 5.73 Å². The lowest BCUT2D eigenvalue weighted by molar-refractivity contribution is 0.0741. The highest BCUT2D eigenvalue weighted by Gasteiger charge is 2.28. The minimum Gasteiger partial charge on any atom is -0.494 e. The van der Waals surface area contributed by atoms with Gasteiger partial charge in [0.1, 0.15) is 5.75 Å². The van der Waals surface area contributed by atoms with Gasteiger partial charge in [-0.25, -0.2) is 0 Å². The molecule has 0 bridgehead atoms. The van der Waals surface area contributed by atoms with E-state index in [9.17, 15) is 4.79 Å². The third kappa shape index (κ3) is 4.87. The number of nitrogens with two attached hydrogens (primary N) is 1. The van der Waals surface area contributed by atoms with Gasteiger partial charge in [0.05, 0.1) is 6.61 Å². The van der Waals surface area contributed by atoms with Gasteiger partial charge < -0.3 is 20.1 Å². The Bertz CT molecular complexity index is 453. The lowest BCUT2D eigenvalue weighted by Gasteiger charge is -2.23. The van der Waals surface area contributed by atoms with Crippen molar-refractivity contribution in [2.45, 2.75) is 25.3 Å². The molecule has 5 nitrogen and oxygen atoms in total. The maximum Gasteiger partial charge on any atom is 0.254 e. The summed E-state index contributed by atoms with van der Waals surface area (Å²) in [4.78, 5) is 14.3. The standard InChI is InChI=1S/C16H24N2O3.ClH/c1-20-10-3-11-21-15-7-5-13(6-8-15)16(19)18-9-2-4-14(18)12-17;/h5-8,14H,2-4,9-12,17H2,1H3;1H. The fraction of sp³-hybridized carbons (Fsp3) is 0.562. The van der Waals surface area contributed by atoms with E-state index in [-0.39, 0.29) is 24.4 Å². The van der Waals surface area contributed by atoms with Gasteiger partial charge in [-0.3, -0.25) is 4.79 Å². The number of methoxy groups -OCH3 is 1. The van der Waals surface area contributed by atoms with Gasteiger partial charge in [-0.15, -0.1) is 12.4 Å². The molecule has 1 unspecified atom stereocenters. The van der Waals surface area contributed by atoms with E-state index in [2.05, 4.69) is 0 Å². The van der Waals surface area contributed by atoms with E-state index in [4.69, 9.17) is 15.2 Å². The molecular weight excluding hydrogens is 304 g/mol. The zero-order valence-corrected chi connectivity index (χ0v) is 13.8. The summed E-state index contributed by atoms with van der Waals surface area (Å²) in [6.07, 6.45) is 2.89. The Labute approximate surface area is 138 Å². The number of amides is 1. The summed E-state index contributed by atoms with van der Waals surface area (Å²) in [5.41, 5.74) is 6.41. The van der Waals surface area contributed by atoms with Crippen LogP contribution >= 0.6 is 12.4 Å². The lowest BCUT2D eigenvalue weighted by Crippen LogP contribution is -2.39. The first-order valence-corrected chi connectivity index (χ1v) is 7.49. The van der Waals surface area contributed by atoms with Gasteiger partial charge in [0, 0.05) is 44.8 Å². The first-order chi connectivity index (χ1) is 10.3. The number of ether oxygens (including phenoxy) is 2. The SMILES string of the molecule is COCCCOc1ccc(C(=O)N2CCCC2CN)cc1.Cl. The van der Waals surface area contributed by atoms with Crippen molar-refractivity contribution in [3.05, 3.63) is 29.8 Å². The van der Waals surface area contributed by atoms with Crippen LogP contribution in [0.2, 0.25) is 0 Å². The Morgan fingerprint density at radius 1 is 1.32 bits per heavy atom. The molecule has 2 rings (SSSR count). The van der Waals surface area contributed by atoms with Crippen LogP contribution in [-0.4, -0.2) is 50.3 Å². The number of hydrogen-bond donors (Lipinski definition) is 1. The summed E-state index contributed by atoms with van der Waals surface area (Å²) in [5.74, 6) is 0.841. The predicted molar refractivity (Wildman–Crippen MR) is 88.8 cm³/mol. The fourth-order valence-electron chi connectivity index (χ4n) is 2.60. The van der Waals surface area contributed by atoms with Crippen molar-refractivity contribution in [2.75, 3.05) is 33.4 Å². The molecule has 6 heteroatoms. The molecule has 0 aliphatic carbocycles. The number of carbonyl (C=O) groups excluding carboxylic acids is 1. The molecule has 0 saturated carbocycles. The monoisotopic (exact) mass is 328 g/mol. The molecular formula is C16H25ClN2O3. The van der Waals surface area contributed by atoms with E-state index in [1.807, 2.05) is 29.2 Å². The van der Waals surface area contributed by atoms with Crippen LogP contribution < -0.4 is 10.5 Å². The second-order valence-electron chi connectivity index (χ2n) is 5.25. The molecule has 0 spiro atoms. The molecule has 1 saturated heterocycles. The molecule has 1 aliphatic rings. The van der Waals surface area contributed by atoms with Crippen LogP contribution in [0, 0.1) is 0 Å². The van der Waals surface area contributed by atoms with Gasteiger partial charge >= 0.3 is 0 Å². The zero-order chi connectivity index (χ0) is 15.1. The number of nitrogens with zero attached hydrogens (tertiary/aromatic N) is 1. The highest BCUT2D eigenvalue weighted by atomic mass is 35.5. The Morgan fingerprint density at radius 3 is 2.68 bits per heavy atom. The normalized spacial score (nSPS) is 17.2. The van der Waals surface area contributed by atoms with Crippen LogP contribution in [0.25, 0.3) is 0 Å². The second-order valence-corrected chi connectivity index (χ2v) is 5.25. The number of rotatable bonds is 7. The molecule has 0 aromatic heterocycles. The third-order valence-electron chi connectivity index (χ3n) is 3.77. The van der Waals surface area contributed by atoms with E-state index in [0.29, 0.717) is 25.3 Å². The predicted octanol–water partition coefficient (Wildman–Crippen LogP) is 2.09. The van der Waals surface area contributed by atoms with Gasteiger partial charge in [0.2, 0.25) is 0 Å². The van der Waals surface area contributed by atoms with Gasteiger partial charge in [0.25, 0.3) is 5.91 Å². The van der Waals surface area contributed by atoms with Crippen LogP contribution in [0.4, 0.5) is 0 Å². The van der Waals surface area contributed by atoms with Crippen LogP contribution in [-0.2, 0) is 4.74 Å². The molecule has 1 atom stereocenters. The molecule has 0 radical (unpaired) electrons. The number of hydrogen-bond acceptors (Lipinski definition) is 4. The van der Waals surface area contributed by atoms with Crippen molar-refractivity contribution in [3.63, 3.8) is 0 Å². The first kappa shape index (κ1) is 18.7. The first-order valence-electron chi connectivity index (χ1n) is 7.49. The summed E-state index contributed by atoms with van der Waals surface area (Å²) < 4.78 is 10.6. The minimum atomic E-state index is 0. The molecule has 1 heterocycles. The molecule has 1 aromatic carbocycles. The van der Waals surface area contributed by atoms with Crippen LogP contribution in [0.1, 0.15) is 29.6 Å². The maximum atomic E-state index is 12.4. The summed E-state index contributed by atoms with van der Waals surface area (Å²) >= 11 is 0. The maximum absolute atomic E-state index is 12.4. The van der Waals surface area contributed by atoms with Crippen molar-refractivity contribution in [1.29, 1.82) is 0 Å². The molecule has 1 fully saturated rings. The second kappa shape index (κ2) is 9.66. The van der Waals surface area contributed by atoms with Crippen molar-refractivity contribution in [3.8, 4) is 5.75 Å². The molecule has 22 heavy (non-hydrogen) atoms. The topological polar surface area (TPSA) is 64.8 Å². The minimum absolute atomic E-state index is 0. The summed E-state index contributed by atoms with van der Waals surface area (Å²) in [5, 5.41) is 0. The third-order valence-corrected chi connectivity index (χ3v) is 3.77. The van der Waals surface area contributed by atoms with E-state index in [1.54, 1.807) is 7.11 Å². The average molecular weight is 329 g/mol. The van der Waals surface area contributed by atoms with Gasteiger partial charge in [-0.05, 0) is 37.1 Å². The highest BCUT2D eigenvalue weighted by Crippen LogP contribution is 2.20. The Balaban J connectivity index is 0.00000242. The van der Waals surface area contributed by atoms with Crippen LogP contribution in [0.3, 0.4) is 0 Å². The molecule has 1 aromatic rings. The summed E-state index contributed by atoms with van der Waals surface area (Å²) in [6, 6.07) is 7.50. The fourth-order valence-corrected chi connectivity index (χ4v) is 2.60. The summed E-state index contributed by atoms with van der Waals surface area (Å²) in [7, 11) is 1.67. The van der Waals surface area contributed by atoms with Gasteiger partial charge in [-0.2, -0.15) is 0 Å². The van der Waals surface area contributed by atoms with Crippen molar-refractivity contribution < 1.29 is 14.3 Å². The van der Waals surface area contributed by atoms with Crippen molar-refractivity contribution >= 4 is 18.3 Å². The molecule has 1 aliphatic heterocycles. The van der Waals surface area contributed by atoms with E-state index < -0.39 is 0 Å². The quantitative estimate of drug-likeness (QED) is 0.778. The molecule has 124 valence electrons. The lowest BCUT2D eigenvalue weighted by atomic mass is 10.1. The number of halogens is 1. The van der Waals surface area contributed by atoms with Crippen molar-refractivity contribution in [1.82, 2.24) is 4.90 Å². The Kier molecular flexibility index (Phi) is 8.24. The smallest absolute Gasteiger partial charge is 0.254 e. The number of benzene rings is 1. The number of carbonyl (C=O) groups is 1. The van der Waals surface area contributed by atoms with E-state index >= 15 is 0 Å². The van der Waals surface area contributed by atoms with Gasteiger partial charge in [0.15, 0.2) is 0 Å². The van der Waals surface area contributed by atoms with E-state index in [1.165, 1.54) is 0 Å². The van der Waals surface area contributed by atoms with Crippen LogP contribution in [0.5, 0.6) is 5.75 Å². The molecule has 2 N–H and O–H groups in total. The molecule has 1 amide bonds. The average Bonchev–Trinajstić information content (AvgIpc) is 3.00. The van der Waals surface area contributed by atoms with Crippen LogP contribution in [0.15, 0.2) is 24.3 Å². The zero-order valence-electron chi connectivity index (χ0n) is 13.0. The summed E-state index contributed by atoms with van der Waals surface area (Å²) in [6.45, 7) is 2.64.